The lowest BCUT2D eigenvalue weighted by Crippen LogP contribution is -2.33. The van der Waals surface area contributed by atoms with Crippen LogP contribution in [0.4, 0.5) is 8.78 Å². The fourth-order valence-electron chi connectivity index (χ4n) is 3.17. The Kier molecular flexibility index (Phi) is 4.74. The largest absolute Gasteiger partial charge is 0.468 e. The van der Waals surface area contributed by atoms with Crippen molar-refractivity contribution in [2.75, 3.05) is 7.11 Å². The lowest BCUT2D eigenvalue weighted by Gasteiger charge is -2.29. The molecule has 0 bridgehead atoms. The second-order valence-electron chi connectivity index (χ2n) is 5.94. The molecule has 25 heavy (non-hydrogen) atoms. The molecule has 0 fully saturated rings. The highest BCUT2D eigenvalue weighted by Crippen LogP contribution is 2.40. The van der Waals surface area contributed by atoms with E-state index in [1.54, 1.807) is 24.3 Å². The van der Waals surface area contributed by atoms with E-state index in [1.165, 1.54) is 37.5 Å². The van der Waals surface area contributed by atoms with Gasteiger partial charge >= 0.3 is 5.97 Å². The molecule has 0 heterocycles. The molecule has 0 radical (unpaired) electrons. The molecule has 0 saturated heterocycles. The molecule has 1 aliphatic carbocycles. The Morgan fingerprint density at radius 1 is 1.00 bits per heavy atom. The lowest BCUT2D eigenvalue weighted by atomic mass is 9.73. The first kappa shape index (κ1) is 17.0. The fourth-order valence-corrected chi connectivity index (χ4v) is 3.17. The zero-order chi connectivity index (χ0) is 18.0. The predicted octanol–water partition coefficient (Wildman–Crippen LogP) is 3.89. The van der Waals surface area contributed by atoms with Crippen molar-refractivity contribution in [2.45, 2.75) is 12.3 Å². The molecule has 0 aromatic heterocycles. The van der Waals surface area contributed by atoms with Crippen LogP contribution in [0.5, 0.6) is 0 Å². The van der Waals surface area contributed by atoms with E-state index in [0.29, 0.717) is 23.1 Å². The molecule has 3 rings (SSSR count). The summed E-state index contributed by atoms with van der Waals surface area (Å²) in [5.41, 5.74) is 2.10. The van der Waals surface area contributed by atoms with Crippen LogP contribution in [0.2, 0.25) is 0 Å². The van der Waals surface area contributed by atoms with Crippen molar-refractivity contribution in [3.05, 3.63) is 77.4 Å². The number of allylic oxidation sites excluding steroid dienone is 2. The van der Waals surface area contributed by atoms with Crippen LogP contribution in [0.1, 0.15) is 23.5 Å². The van der Waals surface area contributed by atoms with Gasteiger partial charge in [0.25, 0.3) is 0 Å². The van der Waals surface area contributed by atoms with Gasteiger partial charge in [-0.25, -0.2) is 8.78 Å². The molecule has 2 aromatic rings. The molecule has 0 saturated carbocycles. The highest BCUT2D eigenvalue weighted by atomic mass is 19.1. The number of halogens is 2. The van der Waals surface area contributed by atoms with Crippen molar-refractivity contribution in [3.8, 4) is 0 Å². The van der Waals surface area contributed by atoms with E-state index in [1.807, 2.05) is 0 Å². The number of carbonyl (C=O) groups excluding carboxylic acids is 2. The fraction of sp³-hybridized carbons (Fsp3) is 0.200. The summed E-state index contributed by atoms with van der Waals surface area (Å²) in [6.45, 7) is 0. The monoisotopic (exact) mass is 342 g/mol. The summed E-state index contributed by atoms with van der Waals surface area (Å²) >= 11 is 0. The van der Waals surface area contributed by atoms with E-state index in [0.717, 1.165) is 0 Å². The van der Waals surface area contributed by atoms with E-state index >= 15 is 0 Å². The van der Waals surface area contributed by atoms with Crippen LogP contribution in [0, 0.1) is 17.6 Å². The Hall–Kier alpha value is -2.82. The molecule has 1 aliphatic rings. The number of rotatable bonds is 3. The van der Waals surface area contributed by atoms with Crippen LogP contribution in [0.3, 0.4) is 0 Å². The molecule has 0 N–H and O–H groups in total. The lowest BCUT2D eigenvalue weighted by molar-refractivity contribution is -0.149. The van der Waals surface area contributed by atoms with Gasteiger partial charge in [0.1, 0.15) is 17.6 Å². The first-order valence-electron chi connectivity index (χ1n) is 7.83. The van der Waals surface area contributed by atoms with Gasteiger partial charge in [0.05, 0.1) is 7.11 Å². The van der Waals surface area contributed by atoms with Crippen LogP contribution in [0.15, 0.2) is 54.6 Å². The zero-order valence-electron chi connectivity index (χ0n) is 13.5. The van der Waals surface area contributed by atoms with Crippen LogP contribution in [-0.2, 0) is 14.3 Å². The summed E-state index contributed by atoms with van der Waals surface area (Å²) in [4.78, 5) is 24.7. The minimum atomic E-state index is -0.973. The van der Waals surface area contributed by atoms with Gasteiger partial charge in [0.15, 0.2) is 5.78 Å². The number of hydrogen-bond donors (Lipinski definition) is 0. The summed E-state index contributed by atoms with van der Waals surface area (Å²) in [7, 11) is 1.23. The van der Waals surface area contributed by atoms with E-state index in [4.69, 9.17) is 4.74 Å². The van der Waals surface area contributed by atoms with Gasteiger partial charge < -0.3 is 4.74 Å². The molecule has 0 amide bonds. The molecule has 2 unspecified atom stereocenters. The Morgan fingerprint density at radius 2 is 1.56 bits per heavy atom. The Morgan fingerprint density at radius 3 is 2.12 bits per heavy atom. The standard InChI is InChI=1S/C20H16F2O3/c1-25-20(24)19-17(13-4-8-16(22)9-5-13)10-14(11-18(19)23)12-2-6-15(21)7-3-12/h2-9,11,17,19H,10H2,1H3. The molecular weight excluding hydrogens is 326 g/mol. The molecule has 128 valence electrons. The molecule has 5 heteroatoms. The van der Waals surface area contributed by atoms with Crippen molar-refractivity contribution in [1.82, 2.24) is 0 Å². The maximum Gasteiger partial charge on any atom is 0.317 e. The summed E-state index contributed by atoms with van der Waals surface area (Å²) in [5, 5.41) is 0. The maximum absolute atomic E-state index is 13.2. The number of methoxy groups -OCH3 is 1. The summed E-state index contributed by atoms with van der Waals surface area (Å²) in [6, 6.07) is 11.5. The van der Waals surface area contributed by atoms with Gasteiger partial charge in [-0.15, -0.1) is 0 Å². The van der Waals surface area contributed by atoms with Crippen LogP contribution in [0.25, 0.3) is 5.57 Å². The van der Waals surface area contributed by atoms with Gasteiger partial charge in [0, 0.05) is 5.92 Å². The van der Waals surface area contributed by atoms with E-state index in [9.17, 15) is 18.4 Å². The van der Waals surface area contributed by atoms with Gasteiger partial charge in [-0.1, -0.05) is 24.3 Å². The minimum Gasteiger partial charge on any atom is -0.468 e. The first-order chi connectivity index (χ1) is 12.0. The number of benzene rings is 2. The van der Waals surface area contributed by atoms with Gasteiger partial charge in [-0.2, -0.15) is 0 Å². The van der Waals surface area contributed by atoms with Crippen LogP contribution >= 0.6 is 0 Å². The number of ether oxygens (including phenoxy) is 1. The Labute approximate surface area is 143 Å². The second-order valence-corrected chi connectivity index (χ2v) is 5.94. The van der Waals surface area contributed by atoms with Gasteiger partial charge in [-0.05, 0) is 53.5 Å². The van der Waals surface area contributed by atoms with Crippen LogP contribution in [-0.4, -0.2) is 18.9 Å². The molecule has 3 nitrogen and oxygen atoms in total. The van der Waals surface area contributed by atoms with Crippen molar-refractivity contribution < 1.29 is 23.1 Å². The molecular formula is C20H16F2O3. The first-order valence-corrected chi connectivity index (χ1v) is 7.83. The van der Waals surface area contributed by atoms with Crippen LogP contribution < -0.4 is 0 Å². The molecule has 0 spiro atoms. The number of carbonyl (C=O) groups is 2. The third-order valence-electron chi connectivity index (χ3n) is 4.43. The number of ketones is 1. The molecule has 2 aromatic carbocycles. The minimum absolute atomic E-state index is 0.367. The summed E-state index contributed by atoms with van der Waals surface area (Å²) in [5.74, 6) is -3.19. The second kappa shape index (κ2) is 6.97. The summed E-state index contributed by atoms with van der Waals surface area (Å²) < 4.78 is 31.1. The average molecular weight is 342 g/mol. The predicted molar refractivity (Wildman–Crippen MR) is 88.6 cm³/mol. The van der Waals surface area contributed by atoms with E-state index < -0.39 is 23.6 Å². The summed E-state index contributed by atoms with van der Waals surface area (Å²) in [6.07, 6.45) is 1.80. The highest BCUT2D eigenvalue weighted by Gasteiger charge is 2.39. The Balaban J connectivity index is 2.02. The normalized spacial score (nSPS) is 20.1. The Bertz CT molecular complexity index is 823. The van der Waals surface area contributed by atoms with E-state index in [-0.39, 0.29) is 11.6 Å². The average Bonchev–Trinajstić information content (AvgIpc) is 2.61. The number of hydrogen-bond acceptors (Lipinski definition) is 3. The van der Waals surface area contributed by atoms with Crippen molar-refractivity contribution in [2.24, 2.45) is 5.92 Å². The number of esters is 1. The topological polar surface area (TPSA) is 43.4 Å². The molecule has 0 aliphatic heterocycles. The van der Waals surface area contributed by atoms with Gasteiger partial charge in [0.2, 0.25) is 0 Å². The van der Waals surface area contributed by atoms with Gasteiger partial charge in [-0.3, -0.25) is 9.59 Å². The van der Waals surface area contributed by atoms with E-state index in [2.05, 4.69) is 0 Å². The third-order valence-corrected chi connectivity index (χ3v) is 4.43. The third kappa shape index (κ3) is 3.50. The quantitative estimate of drug-likeness (QED) is 0.628. The highest BCUT2D eigenvalue weighted by molar-refractivity contribution is 6.10. The maximum atomic E-state index is 13.2. The van der Waals surface area contributed by atoms with Crippen molar-refractivity contribution in [1.29, 1.82) is 0 Å². The SMILES string of the molecule is COC(=O)C1C(=O)C=C(c2ccc(F)cc2)CC1c1ccc(F)cc1. The van der Waals surface area contributed by atoms with Crippen molar-refractivity contribution >= 4 is 17.3 Å². The smallest absolute Gasteiger partial charge is 0.317 e. The zero-order valence-corrected chi connectivity index (χ0v) is 13.5. The van der Waals surface area contributed by atoms with Crippen molar-refractivity contribution in [3.63, 3.8) is 0 Å². The molecule has 2 atom stereocenters.